The van der Waals surface area contributed by atoms with Gasteiger partial charge in [-0.1, -0.05) is 43.2 Å². The fourth-order valence-corrected chi connectivity index (χ4v) is 5.62. The molecule has 1 aliphatic rings. The molecule has 7 nitrogen and oxygen atoms in total. The van der Waals surface area contributed by atoms with Gasteiger partial charge in [-0.15, -0.1) is 0 Å². The summed E-state index contributed by atoms with van der Waals surface area (Å²) in [4.78, 5) is 11.9. The summed E-state index contributed by atoms with van der Waals surface area (Å²) >= 11 is 0. The van der Waals surface area contributed by atoms with Crippen LogP contribution >= 0.6 is 0 Å². The van der Waals surface area contributed by atoms with Gasteiger partial charge in [0.05, 0.1) is 23.2 Å². The van der Waals surface area contributed by atoms with Gasteiger partial charge in [0.25, 0.3) is 10.0 Å². The first-order chi connectivity index (χ1) is 15.4. The summed E-state index contributed by atoms with van der Waals surface area (Å²) in [6.07, 6.45) is 4.14. The highest BCUT2D eigenvalue weighted by Gasteiger charge is 2.34. The van der Waals surface area contributed by atoms with Crippen LogP contribution in [0.2, 0.25) is 0 Å². The molecule has 0 aliphatic carbocycles. The Hall–Kier alpha value is -2.42. The van der Waals surface area contributed by atoms with Crippen LogP contribution in [0, 0.1) is 6.92 Å². The number of amides is 1. The molecule has 174 valence electrons. The van der Waals surface area contributed by atoms with Crippen molar-refractivity contribution in [2.75, 3.05) is 31.0 Å². The Morgan fingerprint density at radius 3 is 2.56 bits per heavy atom. The molecule has 1 aliphatic heterocycles. The molecule has 0 saturated heterocycles. The molecule has 0 bridgehead atoms. The minimum Gasteiger partial charge on any atom is -0.395 e. The predicted octanol–water partition coefficient (Wildman–Crippen LogP) is 2.87. The standard InChI is InChI=1S/C24H33N3O4S/c1-18-12-13-20-22(17-18)32(30,31)27(2)21-10-7-6-9-19(21)24(20)26-14-8-4-3-5-11-23(29)25-15-16-28/h6-7,9-10,12-13,17,24,26,28H,3-5,8,11,14-16H2,1-2H3,(H,25,29). The van der Waals surface area contributed by atoms with Gasteiger partial charge in [0.1, 0.15) is 0 Å². The lowest BCUT2D eigenvalue weighted by atomic mass is 9.96. The second kappa shape index (κ2) is 10.9. The molecular weight excluding hydrogens is 426 g/mol. The van der Waals surface area contributed by atoms with Crippen LogP contribution in [-0.2, 0) is 14.8 Å². The number of nitrogens with one attached hydrogen (secondary N) is 2. The number of carbonyl (C=O) groups is 1. The van der Waals surface area contributed by atoms with Gasteiger partial charge < -0.3 is 15.7 Å². The number of sulfonamides is 1. The van der Waals surface area contributed by atoms with Crippen LogP contribution in [0.3, 0.4) is 0 Å². The third-order valence-corrected chi connectivity index (χ3v) is 7.65. The molecular formula is C24H33N3O4S. The summed E-state index contributed by atoms with van der Waals surface area (Å²) in [6.45, 7) is 2.91. The lowest BCUT2D eigenvalue weighted by molar-refractivity contribution is -0.121. The van der Waals surface area contributed by atoms with Gasteiger partial charge in [0.15, 0.2) is 0 Å². The molecule has 1 unspecified atom stereocenters. The Morgan fingerprint density at radius 2 is 1.78 bits per heavy atom. The Kier molecular flexibility index (Phi) is 8.28. The summed E-state index contributed by atoms with van der Waals surface area (Å²) in [7, 11) is -2.03. The highest BCUT2D eigenvalue weighted by molar-refractivity contribution is 7.92. The number of hydrogen-bond acceptors (Lipinski definition) is 5. The van der Waals surface area contributed by atoms with E-state index in [4.69, 9.17) is 5.11 Å². The molecule has 0 saturated carbocycles. The molecule has 3 rings (SSSR count). The molecule has 2 aromatic carbocycles. The van der Waals surface area contributed by atoms with Crippen molar-refractivity contribution >= 4 is 21.6 Å². The Morgan fingerprint density at radius 1 is 1.03 bits per heavy atom. The van der Waals surface area contributed by atoms with Crippen LogP contribution < -0.4 is 14.9 Å². The molecule has 0 spiro atoms. The highest BCUT2D eigenvalue weighted by atomic mass is 32.2. The number of nitrogens with zero attached hydrogens (tertiary/aromatic N) is 1. The van der Waals surface area contributed by atoms with Crippen molar-refractivity contribution < 1.29 is 18.3 Å². The van der Waals surface area contributed by atoms with Crippen molar-refractivity contribution in [2.24, 2.45) is 0 Å². The zero-order valence-corrected chi connectivity index (χ0v) is 19.6. The monoisotopic (exact) mass is 459 g/mol. The van der Waals surface area contributed by atoms with Crippen LogP contribution in [0.1, 0.15) is 54.8 Å². The normalized spacial score (nSPS) is 16.7. The van der Waals surface area contributed by atoms with Crippen LogP contribution in [0.15, 0.2) is 47.4 Å². The summed E-state index contributed by atoms with van der Waals surface area (Å²) in [5.41, 5.74) is 3.32. The minimum atomic E-state index is -3.64. The van der Waals surface area contributed by atoms with Gasteiger partial charge in [-0.25, -0.2) is 8.42 Å². The maximum Gasteiger partial charge on any atom is 0.264 e. The first kappa shape index (κ1) is 24.2. The van der Waals surface area contributed by atoms with E-state index >= 15 is 0 Å². The number of carbonyl (C=O) groups excluding carboxylic acids is 1. The van der Waals surface area contributed by atoms with E-state index in [1.165, 1.54) is 4.31 Å². The number of para-hydroxylation sites is 1. The number of anilines is 1. The fourth-order valence-electron chi connectivity index (χ4n) is 4.08. The lowest BCUT2D eigenvalue weighted by Gasteiger charge is -2.22. The van der Waals surface area contributed by atoms with Crippen LogP contribution in [0.25, 0.3) is 0 Å². The number of aliphatic hydroxyl groups excluding tert-OH is 1. The second-order valence-electron chi connectivity index (χ2n) is 8.20. The zero-order valence-electron chi connectivity index (χ0n) is 18.8. The lowest BCUT2D eigenvalue weighted by Crippen LogP contribution is -2.26. The van der Waals surface area contributed by atoms with E-state index in [9.17, 15) is 13.2 Å². The number of aryl methyl sites for hydroxylation is 1. The third-order valence-electron chi connectivity index (χ3n) is 5.82. The number of unbranched alkanes of at least 4 members (excludes halogenated alkanes) is 3. The van der Waals surface area contributed by atoms with Crippen molar-refractivity contribution in [1.82, 2.24) is 10.6 Å². The van der Waals surface area contributed by atoms with E-state index in [0.29, 0.717) is 23.5 Å². The van der Waals surface area contributed by atoms with E-state index in [1.54, 1.807) is 13.1 Å². The summed E-state index contributed by atoms with van der Waals surface area (Å²) in [5.74, 6) is -0.0236. The number of aliphatic hydroxyl groups is 1. The van der Waals surface area contributed by atoms with Gasteiger partial charge in [0, 0.05) is 20.0 Å². The van der Waals surface area contributed by atoms with E-state index in [1.807, 2.05) is 43.3 Å². The van der Waals surface area contributed by atoms with Crippen LogP contribution in [0.5, 0.6) is 0 Å². The molecule has 8 heteroatoms. The van der Waals surface area contributed by atoms with Gasteiger partial charge in [-0.3, -0.25) is 9.10 Å². The van der Waals surface area contributed by atoms with Crippen molar-refractivity contribution in [3.8, 4) is 0 Å². The third kappa shape index (κ3) is 5.49. The molecule has 2 aromatic rings. The molecule has 1 atom stereocenters. The van der Waals surface area contributed by atoms with Gasteiger partial charge in [-0.2, -0.15) is 0 Å². The number of fused-ring (bicyclic) bond motifs is 2. The zero-order chi connectivity index (χ0) is 23.1. The molecule has 0 fully saturated rings. The van der Waals surface area contributed by atoms with E-state index < -0.39 is 10.0 Å². The average Bonchev–Trinajstić information content (AvgIpc) is 2.85. The van der Waals surface area contributed by atoms with E-state index in [-0.39, 0.29) is 18.6 Å². The quantitative estimate of drug-likeness (QED) is 0.475. The first-order valence-corrected chi connectivity index (χ1v) is 12.6. The Balaban J connectivity index is 1.68. The molecule has 0 radical (unpaired) electrons. The largest absolute Gasteiger partial charge is 0.395 e. The maximum absolute atomic E-state index is 13.3. The molecule has 1 amide bonds. The molecule has 3 N–H and O–H groups in total. The summed E-state index contributed by atoms with van der Waals surface area (Å²) < 4.78 is 28.0. The highest BCUT2D eigenvalue weighted by Crippen LogP contribution is 2.40. The first-order valence-electron chi connectivity index (χ1n) is 11.2. The van der Waals surface area contributed by atoms with Crippen LogP contribution in [-0.4, -0.2) is 46.2 Å². The number of rotatable bonds is 10. The SMILES string of the molecule is Cc1ccc2c(c1)S(=O)(=O)N(C)c1ccccc1C2NCCCCCCC(=O)NCCO. The summed E-state index contributed by atoms with van der Waals surface area (Å²) in [6, 6.07) is 13.0. The second-order valence-corrected chi connectivity index (χ2v) is 10.1. The number of hydrogen-bond donors (Lipinski definition) is 3. The molecule has 1 heterocycles. The summed E-state index contributed by atoms with van der Waals surface area (Å²) in [5, 5.41) is 15.0. The average molecular weight is 460 g/mol. The van der Waals surface area contributed by atoms with Crippen molar-refractivity contribution in [2.45, 2.75) is 50.0 Å². The van der Waals surface area contributed by atoms with E-state index in [0.717, 1.165) is 48.9 Å². The van der Waals surface area contributed by atoms with Gasteiger partial charge in [0.2, 0.25) is 5.91 Å². The maximum atomic E-state index is 13.3. The van der Waals surface area contributed by atoms with E-state index in [2.05, 4.69) is 10.6 Å². The predicted molar refractivity (Wildman–Crippen MR) is 126 cm³/mol. The molecule has 0 aromatic heterocycles. The van der Waals surface area contributed by atoms with Crippen LogP contribution in [0.4, 0.5) is 5.69 Å². The molecule has 32 heavy (non-hydrogen) atoms. The minimum absolute atomic E-state index is 0.0236. The number of benzene rings is 2. The van der Waals surface area contributed by atoms with Crippen molar-refractivity contribution in [1.29, 1.82) is 0 Å². The van der Waals surface area contributed by atoms with Gasteiger partial charge >= 0.3 is 0 Å². The van der Waals surface area contributed by atoms with Crippen molar-refractivity contribution in [3.05, 3.63) is 59.2 Å². The topological polar surface area (TPSA) is 98.7 Å². The van der Waals surface area contributed by atoms with Gasteiger partial charge in [-0.05, 0) is 55.1 Å². The Bertz CT molecular complexity index is 1040. The Labute approximate surface area is 190 Å². The van der Waals surface area contributed by atoms with Crippen molar-refractivity contribution in [3.63, 3.8) is 0 Å². The smallest absolute Gasteiger partial charge is 0.264 e. The fraction of sp³-hybridized carbons (Fsp3) is 0.458.